The van der Waals surface area contributed by atoms with E-state index in [1.165, 1.54) is 0 Å². The fourth-order valence-corrected chi connectivity index (χ4v) is 2.43. The first kappa shape index (κ1) is 15.1. The van der Waals surface area contributed by atoms with Gasteiger partial charge in [0.1, 0.15) is 6.54 Å². The molecule has 4 N–H and O–H groups in total. The monoisotopic (exact) mass is 311 g/mol. The summed E-state index contributed by atoms with van der Waals surface area (Å²) < 4.78 is 4.85. The second kappa shape index (κ2) is 6.50. The van der Waals surface area contributed by atoms with Crippen molar-refractivity contribution in [2.24, 2.45) is 5.73 Å². The van der Waals surface area contributed by atoms with E-state index < -0.39 is 11.9 Å². The molecule has 0 amide bonds. The molecule has 1 unspecified atom stereocenters. The third kappa shape index (κ3) is 3.67. The van der Waals surface area contributed by atoms with Crippen molar-refractivity contribution in [1.82, 2.24) is 0 Å². The predicted molar refractivity (Wildman–Crippen MR) is 87.1 cm³/mol. The van der Waals surface area contributed by atoms with Crippen LogP contribution in [-0.2, 0) is 16.0 Å². The van der Waals surface area contributed by atoms with Crippen LogP contribution in [-0.4, -0.2) is 24.6 Å². The van der Waals surface area contributed by atoms with Crippen LogP contribution in [0.15, 0.2) is 48.5 Å². The van der Waals surface area contributed by atoms with Gasteiger partial charge in [-0.2, -0.15) is 0 Å². The number of ether oxygens (including phenoxy) is 1. The Kier molecular flexibility index (Phi) is 4.25. The maximum absolute atomic E-state index is 12.0. The minimum Gasteiger partial charge on any atom is -0.388 e. The smallest absolute Gasteiger partial charge is 0.345 e. The topological polar surface area (TPSA) is 93.5 Å². The second-order valence-corrected chi connectivity index (χ2v) is 5.31. The molecule has 118 valence electrons. The maximum Gasteiger partial charge on any atom is 0.345 e. The molecule has 1 heterocycles. The highest BCUT2D eigenvalue weighted by Gasteiger charge is 2.20. The van der Waals surface area contributed by atoms with Gasteiger partial charge in [-0.1, -0.05) is 24.3 Å². The van der Waals surface area contributed by atoms with Crippen molar-refractivity contribution in [2.75, 3.05) is 17.2 Å². The van der Waals surface area contributed by atoms with Gasteiger partial charge in [0.05, 0.1) is 11.7 Å². The molecule has 3 rings (SSSR count). The highest BCUT2D eigenvalue weighted by molar-refractivity contribution is 5.98. The van der Waals surface area contributed by atoms with E-state index in [4.69, 9.17) is 10.5 Å². The van der Waals surface area contributed by atoms with E-state index >= 15 is 0 Å². The van der Waals surface area contributed by atoms with Gasteiger partial charge in [-0.05, 0) is 29.8 Å². The van der Waals surface area contributed by atoms with Crippen LogP contribution in [0, 0.1) is 0 Å². The molecule has 1 atom stereocenters. The molecule has 0 saturated heterocycles. The van der Waals surface area contributed by atoms with Crippen LogP contribution in [0.4, 0.5) is 11.4 Å². The van der Waals surface area contributed by atoms with Crippen LogP contribution < -0.4 is 16.4 Å². The minimum absolute atomic E-state index is 0.0795. The zero-order valence-electron chi connectivity index (χ0n) is 12.4. The lowest BCUT2D eigenvalue weighted by molar-refractivity contribution is -0.135. The molecule has 2 aromatic rings. The molecule has 0 aromatic heterocycles. The van der Waals surface area contributed by atoms with Crippen molar-refractivity contribution in [3.63, 3.8) is 0 Å². The summed E-state index contributed by atoms with van der Waals surface area (Å²) in [5.74, 6) is -1.31. The Morgan fingerprint density at radius 1 is 1.22 bits per heavy atom. The molecular weight excluding hydrogens is 294 g/mol. The minimum atomic E-state index is -0.671. The average Bonchev–Trinajstić information content (AvgIpc) is 2.93. The number of nitrogens with one attached hydrogen (secondary N) is 2. The molecule has 0 spiro atoms. The lowest BCUT2D eigenvalue weighted by Crippen LogP contribution is -2.26. The lowest BCUT2D eigenvalue weighted by Gasteiger charge is -2.07. The number of nitrogens with two attached hydrogens (primary N) is 1. The molecule has 2 aromatic carbocycles. The van der Waals surface area contributed by atoms with E-state index in [1.54, 1.807) is 12.1 Å². The molecule has 0 aliphatic carbocycles. The van der Waals surface area contributed by atoms with Gasteiger partial charge in [-0.25, -0.2) is 9.59 Å². The van der Waals surface area contributed by atoms with E-state index in [0.717, 1.165) is 16.9 Å². The predicted octanol–water partition coefficient (Wildman–Crippen LogP) is 1.73. The number of hydrogen-bond donors (Lipinski definition) is 3. The summed E-state index contributed by atoms with van der Waals surface area (Å²) in [5, 5.41) is 5.96. The van der Waals surface area contributed by atoms with Crippen LogP contribution >= 0.6 is 0 Å². The molecule has 0 fully saturated rings. The molecule has 0 saturated carbocycles. The summed E-state index contributed by atoms with van der Waals surface area (Å²) in [7, 11) is 0. The number of para-hydroxylation sites is 1. The second-order valence-electron chi connectivity index (χ2n) is 5.31. The number of rotatable bonds is 4. The van der Waals surface area contributed by atoms with Gasteiger partial charge in [0.25, 0.3) is 0 Å². The SMILES string of the molecule is NC1Cc2ccc(C(=O)OC(=O)CNc3ccccc3)cc2N1. The number of fused-ring (bicyclic) bond motifs is 1. The third-order valence-electron chi connectivity index (χ3n) is 3.54. The van der Waals surface area contributed by atoms with Gasteiger partial charge < -0.3 is 21.1 Å². The van der Waals surface area contributed by atoms with Crippen LogP contribution in [0.25, 0.3) is 0 Å². The Labute approximate surface area is 133 Å². The third-order valence-corrected chi connectivity index (χ3v) is 3.54. The number of carbonyl (C=O) groups is 2. The Morgan fingerprint density at radius 2 is 2.00 bits per heavy atom. The van der Waals surface area contributed by atoms with Gasteiger partial charge in [-0.3, -0.25) is 0 Å². The highest BCUT2D eigenvalue weighted by atomic mass is 16.6. The van der Waals surface area contributed by atoms with Crippen molar-refractivity contribution in [1.29, 1.82) is 0 Å². The van der Waals surface area contributed by atoms with Gasteiger partial charge in [-0.15, -0.1) is 0 Å². The van der Waals surface area contributed by atoms with E-state index in [2.05, 4.69) is 10.6 Å². The van der Waals surface area contributed by atoms with Gasteiger partial charge >= 0.3 is 11.9 Å². The largest absolute Gasteiger partial charge is 0.388 e. The summed E-state index contributed by atoms with van der Waals surface area (Å²) in [4.78, 5) is 23.8. The van der Waals surface area contributed by atoms with Crippen molar-refractivity contribution in [3.05, 3.63) is 59.7 Å². The molecule has 23 heavy (non-hydrogen) atoms. The Bertz CT molecular complexity index is 731. The molecule has 6 heteroatoms. The van der Waals surface area contributed by atoms with Crippen molar-refractivity contribution >= 4 is 23.3 Å². The maximum atomic E-state index is 12.0. The summed E-state index contributed by atoms with van der Waals surface area (Å²) in [6.07, 6.45) is 0.567. The summed E-state index contributed by atoms with van der Waals surface area (Å²) in [6, 6.07) is 14.3. The summed E-state index contributed by atoms with van der Waals surface area (Å²) in [6.45, 7) is -0.0795. The Morgan fingerprint density at radius 3 is 2.78 bits per heavy atom. The van der Waals surface area contributed by atoms with Crippen LogP contribution in [0.5, 0.6) is 0 Å². The first-order valence-electron chi connectivity index (χ1n) is 7.31. The van der Waals surface area contributed by atoms with Crippen LogP contribution in [0.1, 0.15) is 15.9 Å². The molecule has 0 bridgehead atoms. The number of benzene rings is 2. The standard InChI is InChI=1S/C17H17N3O3/c18-15-9-11-6-7-12(8-14(11)20-15)17(22)23-16(21)10-19-13-4-2-1-3-5-13/h1-8,15,19-20H,9-10,18H2. The zero-order chi connectivity index (χ0) is 16.2. The van der Waals surface area contributed by atoms with Crippen molar-refractivity contribution in [2.45, 2.75) is 12.6 Å². The normalized spacial score (nSPS) is 15.4. The fourth-order valence-electron chi connectivity index (χ4n) is 2.43. The molecule has 1 aliphatic heterocycles. The van der Waals surface area contributed by atoms with E-state index in [-0.39, 0.29) is 12.7 Å². The van der Waals surface area contributed by atoms with Crippen LogP contribution in [0.2, 0.25) is 0 Å². The first-order chi connectivity index (χ1) is 11.1. The first-order valence-corrected chi connectivity index (χ1v) is 7.31. The van der Waals surface area contributed by atoms with Crippen LogP contribution in [0.3, 0.4) is 0 Å². The molecule has 0 radical (unpaired) electrons. The van der Waals surface area contributed by atoms with E-state index in [1.807, 2.05) is 36.4 Å². The quantitative estimate of drug-likeness (QED) is 0.588. The summed E-state index contributed by atoms with van der Waals surface area (Å²) in [5.41, 5.74) is 8.75. The molecule has 1 aliphatic rings. The number of hydrogen-bond acceptors (Lipinski definition) is 6. The summed E-state index contributed by atoms with van der Waals surface area (Å²) >= 11 is 0. The van der Waals surface area contributed by atoms with E-state index in [9.17, 15) is 9.59 Å². The van der Waals surface area contributed by atoms with E-state index in [0.29, 0.717) is 12.0 Å². The fraction of sp³-hybridized carbons (Fsp3) is 0.176. The number of esters is 2. The van der Waals surface area contributed by atoms with Gasteiger partial charge in [0.2, 0.25) is 0 Å². The van der Waals surface area contributed by atoms with Gasteiger partial charge in [0, 0.05) is 17.8 Å². The lowest BCUT2D eigenvalue weighted by atomic mass is 10.1. The Balaban J connectivity index is 1.57. The van der Waals surface area contributed by atoms with Crippen molar-refractivity contribution < 1.29 is 14.3 Å². The molecule has 6 nitrogen and oxygen atoms in total. The van der Waals surface area contributed by atoms with Crippen molar-refractivity contribution in [3.8, 4) is 0 Å². The van der Waals surface area contributed by atoms with Gasteiger partial charge in [0.15, 0.2) is 0 Å². The zero-order valence-corrected chi connectivity index (χ0v) is 12.4. The Hall–Kier alpha value is -2.86. The average molecular weight is 311 g/mol. The highest BCUT2D eigenvalue weighted by Crippen LogP contribution is 2.25. The number of carbonyl (C=O) groups excluding carboxylic acids is 2. The molecular formula is C17H17N3O3. The number of anilines is 2.